The van der Waals surface area contributed by atoms with Crippen LogP contribution in [0.15, 0.2) is 23.4 Å². The van der Waals surface area contributed by atoms with Gasteiger partial charge in [-0.1, -0.05) is 17.3 Å². The Hall–Kier alpha value is -1.82. The fourth-order valence-electron chi connectivity index (χ4n) is 1.55. The second kappa shape index (κ2) is 6.20. The van der Waals surface area contributed by atoms with Crippen molar-refractivity contribution >= 4 is 5.84 Å². The zero-order valence-corrected chi connectivity index (χ0v) is 10.7. The fraction of sp³-hybridized carbons (Fsp3) is 0.417. The van der Waals surface area contributed by atoms with Crippen molar-refractivity contribution in [3.05, 3.63) is 29.6 Å². The molecule has 0 saturated heterocycles. The van der Waals surface area contributed by atoms with Gasteiger partial charge in [0, 0.05) is 12.1 Å². The van der Waals surface area contributed by atoms with Gasteiger partial charge in [0.1, 0.15) is 0 Å². The average Bonchev–Trinajstić information content (AvgIpc) is 2.39. The molecule has 0 heterocycles. The lowest BCUT2D eigenvalue weighted by molar-refractivity contribution is 0.275. The van der Waals surface area contributed by atoms with Crippen molar-refractivity contribution in [2.45, 2.75) is 19.5 Å². The first-order valence-electron chi connectivity index (χ1n) is 5.50. The van der Waals surface area contributed by atoms with Gasteiger partial charge >= 0.3 is 0 Å². The average molecular weight is 255 g/mol. The van der Waals surface area contributed by atoms with E-state index in [0.29, 0.717) is 12.1 Å². The molecule has 0 saturated carbocycles. The highest BCUT2D eigenvalue weighted by Crippen LogP contribution is 2.21. The Morgan fingerprint density at radius 3 is 2.83 bits per heavy atom. The van der Waals surface area contributed by atoms with Gasteiger partial charge in [-0.25, -0.2) is 4.39 Å². The van der Waals surface area contributed by atoms with Crippen molar-refractivity contribution in [1.82, 2.24) is 4.90 Å². The minimum Gasteiger partial charge on any atom is -0.494 e. The number of nitrogens with zero attached hydrogens (tertiary/aromatic N) is 2. The number of methoxy groups -OCH3 is 1. The molecule has 1 aromatic carbocycles. The van der Waals surface area contributed by atoms with E-state index in [-0.39, 0.29) is 17.6 Å². The summed E-state index contributed by atoms with van der Waals surface area (Å²) < 4.78 is 18.8. The highest BCUT2D eigenvalue weighted by Gasteiger charge is 2.17. The molecule has 6 heteroatoms. The van der Waals surface area contributed by atoms with Crippen LogP contribution in [0.4, 0.5) is 4.39 Å². The van der Waals surface area contributed by atoms with E-state index in [0.717, 1.165) is 0 Å². The Kier molecular flexibility index (Phi) is 4.91. The Balaban J connectivity index is 2.85. The van der Waals surface area contributed by atoms with E-state index in [1.165, 1.54) is 7.11 Å². The van der Waals surface area contributed by atoms with Crippen LogP contribution in [-0.2, 0) is 6.54 Å². The number of rotatable bonds is 5. The Labute approximate surface area is 106 Å². The first-order chi connectivity index (χ1) is 8.51. The van der Waals surface area contributed by atoms with Gasteiger partial charge in [0.25, 0.3) is 0 Å². The number of benzene rings is 1. The number of amidine groups is 1. The predicted octanol–water partition coefficient (Wildman–Crippen LogP) is 1.40. The van der Waals surface area contributed by atoms with Crippen molar-refractivity contribution in [2.24, 2.45) is 10.9 Å². The molecule has 0 aliphatic carbocycles. The van der Waals surface area contributed by atoms with Crippen molar-refractivity contribution in [1.29, 1.82) is 0 Å². The van der Waals surface area contributed by atoms with Gasteiger partial charge in [0.05, 0.1) is 13.2 Å². The van der Waals surface area contributed by atoms with Crippen LogP contribution in [0.2, 0.25) is 0 Å². The molecule has 1 rings (SSSR count). The molecular weight excluding hydrogens is 237 g/mol. The minimum atomic E-state index is -0.390. The van der Waals surface area contributed by atoms with E-state index < -0.39 is 5.82 Å². The zero-order chi connectivity index (χ0) is 13.7. The van der Waals surface area contributed by atoms with E-state index in [1.54, 1.807) is 37.1 Å². The monoisotopic (exact) mass is 255 g/mol. The number of nitrogens with two attached hydrogens (primary N) is 1. The summed E-state index contributed by atoms with van der Waals surface area (Å²) in [5, 5.41) is 11.5. The number of oxime groups is 1. The molecule has 3 N–H and O–H groups in total. The van der Waals surface area contributed by atoms with Crippen LogP contribution in [0, 0.1) is 5.82 Å². The second-order valence-electron chi connectivity index (χ2n) is 4.05. The summed E-state index contributed by atoms with van der Waals surface area (Å²) >= 11 is 0. The SMILES string of the molecule is COc1cccc(CN(C)C(C)/C(N)=N/O)c1F. The maximum atomic E-state index is 13.9. The normalized spacial score (nSPS) is 13.7. The van der Waals surface area contributed by atoms with Gasteiger partial charge < -0.3 is 15.7 Å². The quantitative estimate of drug-likeness (QED) is 0.361. The molecule has 0 bridgehead atoms. The first-order valence-corrected chi connectivity index (χ1v) is 5.50. The molecule has 0 fully saturated rings. The largest absolute Gasteiger partial charge is 0.494 e. The standard InChI is InChI=1S/C12H18FN3O2/c1-8(12(14)15-17)16(2)7-9-5-4-6-10(18-3)11(9)13/h4-6,8,17H,7H2,1-3H3,(H2,14,15). The van der Waals surface area contributed by atoms with Crippen LogP contribution in [0.25, 0.3) is 0 Å². The lowest BCUT2D eigenvalue weighted by atomic mass is 10.1. The molecule has 0 amide bonds. The van der Waals surface area contributed by atoms with Gasteiger partial charge in [-0.2, -0.15) is 0 Å². The Morgan fingerprint density at radius 2 is 2.28 bits per heavy atom. The molecule has 100 valence electrons. The topological polar surface area (TPSA) is 71.1 Å². The number of halogens is 1. The molecule has 18 heavy (non-hydrogen) atoms. The molecular formula is C12H18FN3O2. The van der Waals surface area contributed by atoms with Gasteiger partial charge in [0.15, 0.2) is 17.4 Å². The smallest absolute Gasteiger partial charge is 0.169 e. The van der Waals surface area contributed by atoms with Crippen LogP contribution in [-0.4, -0.2) is 36.1 Å². The Bertz CT molecular complexity index is 437. The summed E-state index contributed by atoms with van der Waals surface area (Å²) in [7, 11) is 3.19. The third kappa shape index (κ3) is 3.10. The lowest BCUT2D eigenvalue weighted by Crippen LogP contribution is -2.40. The van der Waals surface area contributed by atoms with E-state index >= 15 is 0 Å². The zero-order valence-electron chi connectivity index (χ0n) is 10.7. The highest BCUT2D eigenvalue weighted by molar-refractivity contribution is 5.84. The predicted molar refractivity (Wildman–Crippen MR) is 67.3 cm³/mol. The van der Waals surface area contributed by atoms with Crippen LogP contribution in [0.1, 0.15) is 12.5 Å². The van der Waals surface area contributed by atoms with Gasteiger partial charge in [-0.05, 0) is 20.0 Å². The second-order valence-corrected chi connectivity index (χ2v) is 4.05. The van der Waals surface area contributed by atoms with Crippen molar-refractivity contribution in [3.8, 4) is 5.75 Å². The van der Waals surface area contributed by atoms with Crippen molar-refractivity contribution < 1.29 is 14.3 Å². The van der Waals surface area contributed by atoms with E-state index in [1.807, 2.05) is 0 Å². The molecule has 1 aromatic rings. The van der Waals surface area contributed by atoms with E-state index in [4.69, 9.17) is 15.7 Å². The summed E-state index contributed by atoms with van der Waals surface area (Å²) in [4.78, 5) is 1.77. The molecule has 0 radical (unpaired) electrons. The summed E-state index contributed by atoms with van der Waals surface area (Å²) in [6, 6.07) is 4.67. The maximum absolute atomic E-state index is 13.9. The van der Waals surface area contributed by atoms with Crippen molar-refractivity contribution in [3.63, 3.8) is 0 Å². The summed E-state index contributed by atoms with van der Waals surface area (Å²) in [6.45, 7) is 2.10. The van der Waals surface area contributed by atoms with Gasteiger partial charge in [-0.15, -0.1) is 0 Å². The number of hydrogen-bond acceptors (Lipinski definition) is 4. The van der Waals surface area contributed by atoms with Crippen LogP contribution >= 0.6 is 0 Å². The molecule has 0 aliphatic heterocycles. The fourth-order valence-corrected chi connectivity index (χ4v) is 1.55. The summed E-state index contributed by atoms with van der Waals surface area (Å²) in [5.74, 6) is -0.100. The van der Waals surface area contributed by atoms with Gasteiger partial charge in [0.2, 0.25) is 0 Å². The first kappa shape index (κ1) is 14.2. The van der Waals surface area contributed by atoms with E-state index in [2.05, 4.69) is 5.16 Å². The Morgan fingerprint density at radius 1 is 1.61 bits per heavy atom. The number of likely N-dealkylation sites (N-methyl/N-ethyl adjacent to an activating group) is 1. The molecule has 1 unspecified atom stereocenters. The minimum absolute atomic E-state index is 0.0841. The molecule has 5 nitrogen and oxygen atoms in total. The highest BCUT2D eigenvalue weighted by atomic mass is 19.1. The molecule has 0 spiro atoms. The van der Waals surface area contributed by atoms with Crippen LogP contribution in [0.3, 0.4) is 0 Å². The number of ether oxygens (including phenoxy) is 1. The van der Waals surface area contributed by atoms with E-state index in [9.17, 15) is 4.39 Å². The van der Waals surface area contributed by atoms with Crippen LogP contribution < -0.4 is 10.5 Å². The van der Waals surface area contributed by atoms with Crippen molar-refractivity contribution in [2.75, 3.05) is 14.2 Å². The maximum Gasteiger partial charge on any atom is 0.169 e. The molecule has 1 atom stereocenters. The third-order valence-electron chi connectivity index (χ3n) is 2.89. The lowest BCUT2D eigenvalue weighted by Gasteiger charge is -2.23. The molecule has 0 aromatic heterocycles. The summed E-state index contributed by atoms with van der Waals surface area (Å²) in [5.41, 5.74) is 6.00. The number of hydrogen-bond donors (Lipinski definition) is 2. The van der Waals surface area contributed by atoms with Crippen LogP contribution in [0.5, 0.6) is 5.75 Å². The molecule has 0 aliphatic rings. The van der Waals surface area contributed by atoms with Gasteiger partial charge in [-0.3, -0.25) is 4.90 Å². The third-order valence-corrected chi connectivity index (χ3v) is 2.89. The summed E-state index contributed by atoms with van der Waals surface area (Å²) in [6.07, 6.45) is 0.